The zero-order chi connectivity index (χ0) is 14.2. The number of nitrogens with two attached hydrogens (primary N) is 1. The maximum absolute atomic E-state index is 12.7. The molecule has 0 fully saturated rings. The summed E-state index contributed by atoms with van der Waals surface area (Å²) in [6, 6.07) is 3.24. The number of methoxy groups -OCH3 is 1. The second-order valence-electron chi connectivity index (χ2n) is 3.65. The van der Waals surface area contributed by atoms with Crippen LogP contribution >= 0.6 is 15.9 Å². The molecule has 2 aromatic rings. The molecule has 0 amide bonds. The fraction of sp³-hybridized carbons (Fsp3) is 0.182. The van der Waals surface area contributed by atoms with Crippen LogP contribution in [-0.4, -0.2) is 12.3 Å². The molecule has 1 aromatic carbocycles. The molecule has 1 aromatic heterocycles. The molecule has 0 saturated heterocycles. The Hall–Kier alpha value is -1.70. The highest BCUT2D eigenvalue weighted by molar-refractivity contribution is 9.10. The summed E-state index contributed by atoms with van der Waals surface area (Å²) in [5.41, 5.74) is 5.20. The zero-order valence-electron chi connectivity index (χ0n) is 9.58. The van der Waals surface area contributed by atoms with Gasteiger partial charge in [-0.1, -0.05) is 5.16 Å². The van der Waals surface area contributed by atoms with Crippen molar-refractivity contribution in [1.82, 2.24) is 5.16 Å². The Morgan fingerprint density at radius 2 is 2.00 bits per heavy atom. The van der Waals surface area contributed by atoms with Crippen LogP contribution in [0.15, 0.2) is 27.2 Å². The van der Waals surface area contributed by atoms with E-state index in [0.717, 1.165) is 12.1 Å². The molecule has 8 heteroatoms. The SMILES string of the molecule is COc1cc(C(F)(F)F)cc(Br)c1-c1cc(N)on1. The molecule has 4 nitrogen and oxygen atoms in total. The summed E-state index contributed by atoms with van der Waals surface area (Å²) >= 11 is 3.07. The number of benzene rings is 1. The third kappa shape index (κ3) is 2.67. The number of nitrogens with zero attached hydrogens (tertiary/aromatic N) is 1. The Morgan fingerprint density at radius 1 is 1.32 bits per heavy atom. The van der Waals surface area contributed by atoms with Crippen LogP contribution in [0, 0.1) is 0 Å². The van der Waals surface area contributed by atoms with Crippen molar-refractivity contribution in [2.45, 2.75) is 6.18 Å². The van der Waals surface area contributed by atoms with Gasteiger partial charge in [-0.2, -0.15) is 13.2 Å². The minimum atomic E-state index is -4.46. The molecule has 0 aliphatic rings. The van der Waals surface area contributed by atoms with E-state index < -0.39 is 11.7 Å². The molecule has 1 heterocycles. The van der Waals surface area contributed by atoms with Crippen LogP contribution in [0.3, 0.4) is 0 Å². The Balaban J connectivity index is 2.62. The van der Waals surface area contributed by atoms with Gasteiger partial charge >= 0.3 is 6.18 Å². The highest BCUT2D eigenvalue weighted by Crippen LogP contribution is 2.41. The third-order valence-corrected chi connectivity index (χ3v) is 3.01. The molecule has 0 aliphatic carbocycles. The van der Waals surface area contributed by atoms with Gasteiger partial charge in [-0.3, -0.25) is 0 Å². The highest BCUT2D eigenvalue weighted by Gasteiger charge is 2.32. The van der Waals surface area contributed by atoms with Crippen LogP contribution in [0.2, 0.25) is 0 Å². The Bertz CT molecular complexity index is 610. The lowest BCUT2D eigenvalue weighted by Crippen LogP contribution is -2.06. The van der Waals surface area contributed by atoms with Gasteiger partial charge in [0.2, 0.25) is 5.88 Å². The minimum Gasteiger partial charge on any atom is -0.496 e. The highest BCUT2D eigenvalue weighted by atomic mass is 79.9. The van der Waals surface area contributed by atoms with Crippen molar-refractivity contribution in [3.63, 3.8) is 0 Å². The molecular weight excluding hydrogens is 329 g/mol. The maximum atomic E-state index is 12.7. The van der Waals surface area contributed by atoms with Crippen LogP contribution in [-0.2, 0) is 6.18 Å². The van der Waals surface area contributed by atoms with Crippen LogP contribution in [0.5, 0.6) is 5.75 Å². The fourth-order valence-corrected chi connectivity index (χ4v) is 2.21. The van der Waals surface area contributed by atoms with Gasteiger partial charge in [0, 0.05) is 10.5 Å². The topological polar surface area (TPSA) is 61.3 Å². The first-order valence-electron chi connectivity index (χ1n) is 5.00. The van der Waals surface area contributed by atoms with Crippen molar-refractivity contribution < 1.29 is 22.4 Å². The molecule has 0 aliphatic heterocycles. The van der Waals surface area contributed by atoms with Crippen molar-refractivity contribution in [2.75, 3.05) is 12.8 Å². The molecule has 0 bridgehead atoms. The number of hydrogen-bond acceptors (Lipinski definition) is 4. The molecule has 0 spiro atoms. The van der Waals surface area contributed by atoms with E-state index in [4.69, 9.17) is 15.0 Å². The second kappa shape index (κ2) is 4.76. The lowest BCUT2D eigenvalue weighted by atomic mass is 10.1. The Labute approximate surface area is 114 Å². The first kappa shape index (κ1) is 13.7. The van der Waals surface area contributed by atoms with E-state index in [1.807, 2.05) is 0 Å². The lowest BCUT2D eigenvalue weighted by Gasteiger charge is -2.13. The summed E-state index contributed by atoms with van der Waals surface area (Å²) in [6.07, 6.45) is -4.46. The molecule has 0 atom stereocenters. The number of aromatic nitrogens is 1. The van der Waals surface area contributed by atoms with E-state index in [0.29, 0.717) is 5.56 Å². The van der Waals surface area contributed by atoms with Crippen molar-refractivity contribution in [2.24, 2.45) is 0 Å². The number of hydrogen-bond donors (Lipinski definition) is 1. The van der Waals surface area contributed by atoms with Gasteiger partial charge in [-0.05, 0) is 28.1 Å². The van der Waals surface area contributed by atoms with E-state index in [1.54, 1.807) is 0 Å². The average molecular weight is 337 g/mol. The summed E-state index contributed by atoms with van der Waals surface area (Å²) in [7, 11) is 1.27. The molecular formula is C11H8BrF3N2O2. The molecule has 0 saturated carbocycles. The van der Waals surface area contributed by atoms with E-state index in [-0.39, 0.29) is 21.8 Å². The molecule has 0 unspecified atom stereocenters. The Kier molecular flexibility index (Phi) is 3.44. The lowest BCUT2D eigenvalue weighted by molar-refractivity contribution is -0.137. The summed E-state index contributed by atoms with van der Waals surface area (Å²) in [5, 5.41) is 3.66. The number of alkyl halides is 3. The van der Waals surface area contributed by atoms with Gasteiger partial charge in [0.25, 0.3) is 0 Å². The smallest absolute Gasteiger partial charge is 0.416 e. The van der Waals surface area contributed by atoms with Crippen LogP contribution in [0.25, 0.3) is 11.3 Å². The maximum Gasteiger partial charge on any atom is 0.416 e. The van der Waals surface area contributed by atoms with E-state index in [9.17, 15) is 13.2 Å². The Morgan fingerprint density at radius 3 is 2.47 bits per heavy atom. The van der Waals surface area contributed by atoms with E-state index in [1.165, 1.54) is 13.2 Å². The van der Waals surface area contributed by atoms with Gasteiger partial charge in [0.1, 0.15) is 11.4 Å². The van der Waals surface area contributed by atoms with E-state index in [2.05, 4.69) is 21.1 Å². The van der Waals surface area contributed by atoms with Crippen molar-refractivity contribution in [1.29, 1.82) is 0 Å². The largest absolute Gasteiger partial charge is 0.496 e. The summed E-state index contributed by atoms with van der Waals surface area (Å²) in [5.74, 6) is 0.0823. The summed E-state index contributed by atoms with van der Waals surface area (Å²) < 4.78 is 47.9. The number of anilines is 1. The first-order chi connectivity index (χ1) is 8.82. The minimum absolute atomic E-state index is 0.0231. The molecule has 102 valence electrons. The predicted octanol–water partition coefficient (Wildman–Crippen LogP) is 3.71. The summed E-state index contributed by atoms with van der Waals surface area (Å²) in [4.78, 5) is 0. The first-order valence-corrected chi connectivity index (χ1v) is 5.79. The summed E-state index contributed by atoms with van der Waals surface area (Å²) in [6.45, 7) is 0. The predicted molar refractivity (Wildman–Crippen MR) is 65.6 cm³/mol. The number of halogens is 4. The average Bonchev–Trinajstić information content (AvgIpc) is 2.73. The van der Waals surface area contributed by atoms with Gasteiger partial charge in [-0.15, -0.1) is 0 Å². The number of nitrogen functional groups attached to an aromatic ring is 1. The zero-order valence-corrected chi connectivity index (χ0v) is 11.2. The standard InChI is InChI=1S/C11H8BrF3N2O2/c1-18-8-3-5(11(13,14)15)2-6(12)10(8)7-4-9(16)19-17-7/h2-4H,16H2,1H3. The van der Waals surface area contributed by atoms with E-state index >= 15 is 0 Å². The molecule has 2 rings (SSSR count). The van der Waals surface area contributed by atoms with Crippen LogP contribution in [0.4, 0.5) is 19.1 Å². The van der Waals surface area contributed by atoms with Crippen LogP contribution < -0.4 is 10.5 Å². The van der Waals surface area contributed by atoms with Crippen molar-refractivity contribution in [3.8, 4) is 17.0 Å². The number of rotatable bonds is 2. The van der Waals surface area contributed by atoms with Gasteiger partial charge in [0.05, 0.1) is 18.2 Å². The molecule has 19 heavy (non-hydrogen) atoms. The monoisotopic (exact) mass is 336 g/mol. The molecule has 0 radical (unpaired) electrons. The fourth-order valence-electron chi connectivity index (χ4n) is 1.56. The molecule has 2 N–H and O–H groups in total. The van der Waals surface area contributed by atoms with Crippen molar-refractivity contribution in [3.05, 3.63) is 28.2 Å². The third-order valence-electron chi connectivity index (χ3n) is 2.39. The normalized spacial score (nSPS) is 11.6. The van der Waals surface area contributed by atoms with Gasteiger partial charge in [0.15, 0.2) is 0 Å². The van der Waals surface area contributed by atoms with Crippen molar-refractivity contribution >= 4 is 21.8 Å². The number of ether oxygens (including phenoxy) is 1. The van der Waals surface area contributed by atoms with Crippen LogP contribution in [0.1, 0.15) is 5.56 Å². The van der Waals surface area contributed by atoms with Gasteiger partial charge in [-0.25, -0.2) is 0 Å². The quantitative estimate of drug-likeness (QED) is 0.907. The second-order valence-corrected chi connectivity index (χ2v) is 4.50. The van der Waals surface area contributed by atoms with Gasteiger partial charge < -0.3 is 15.0 Å².